The Kier molecular flexibility index (Phi) is 6.33. The van der Waals surface area contributed by atoms with Crippen molar-refractivity contribution in [3.63, 3.8) is 0 Å². The number of rotatable bonds is 7. The minimum absolute atomic E-state index is 0.0107. The summed E-state index contributed by atoms with van der Waals surface area (Å²) < 4.78 is 4.91. The summed E-state index contributed by atoms with van der Waals surface area (Å²) in [5, 5.41) is 6.73. The van der Waals surface area contributed by atoms with Gasteiger partial charge in [0.15, 0.2) is 5.82 Å². The number of nitrogens with zero attached hydrogens (tertiary/aromatic N) is 3. The maximum Gasteiger partial charge on any atom is 0.328 e. The van der Waals surface area contributed by atoms with Gasteiger partial charge in [-0.2, -0.15) is 0 Å². The molecule has 0 unspecified atom stereocenters. The summed E-state index contributed by atoms with van der Waals surface area (Å²) >= 11 is 0. The molecular weight excluding hydrogens is 370 g/mol. The van der Waals surface area contributed by atoms with Crippen molar-refractivity contribution in [3.05, 3.63) is 60.2 Å². The van der Waals surface area contributed by atoms with Crippen molar-refractivity contribution in [1.82, 2.24) is 20.3 Å². The molecule has 0 fully saturated rings. The zero-order chi connectivity index (χ0) is 20.8. The van der Waals surface area contributed by atoms with Crippen LogP contribution >= 0.6 is 0 Å². The number of hydrogen-bond donors (Lipinski definition) is 2. The zero-order valence-corrected chi connectivity index (χ0v) is 16.5. The average molecular weight is 393 g/mol. The maximum atomic E-state index is 12.3. The van der Waals surface area contributed by atoms with E-state index in [-0.39, 0.29) is 24.3 Å². The van der Waals surface area contributed by atoms with Crippen LogP contribution in [0.3, 0.4) is 0 Å². The van der Waals surface area contributed by atoms with Crippen LogP contribution in [0.25, 0.3) is 10.9 Å². The molecule has 3 rings (SSSR count). The van der Waals surface area contributed by atoms with Crippen molar-refractivity contribution in [1.29, 1.82) is 0 Å². The van der Waals surface area contributed by atoms with Gasteiger partial charge in [0.25, 0.3) is 5.91 Å². The van der Waals surface area contributed by atoms with Crippen LogP contribution < -0.4 is 10.6 Å². The molecule has 0 radical (unpaired) electrons. The van der Waals surface area contributed by atoms with Gasteiger partial charge in [0.05, 0.1) is 19.2 Å². The Hall–Kier alpha value is -3.55. The predicted octanol–water partition coefficient (Wildman–Crippen LogP) is 2.56. The van der Waals surface area contributed by atoms with Gasteiger partial charge < -0.3 is 15.4 Å². The number of pyridine rings is 1. The van der Waals surface area contributed by atoms with Crippen molar-refractivity contribution < 1.29 is 14.3 Å². The lowest BCUT2D eigenvalue weighted by Crippen LogP contribution is -2.36. The third-order valence-electron chi connectivity index (χ3n) is 4.37. The van der Waals surface area contributed by atoms with Crippen LogP contribution in [-0.4, -0.2) is 40.0 Å². The fourth-order valence-electron chi connectivity index (χ4n) is 2.83. The summed E-state index contributed by atoms with van der Waals surface area (Å²) in [4.78, 5) is 37.5. The third kappa shape index (κ3) is 4.84. The van der Waals surface area contributed by atoms with Gasteiger partial charge in [0.2, 0.25) is 0 Å². The standard InChI is InChI=1S/C21H23N5O3/c1-13(2)18(21(28)29-3)26-19-14-8-4-5-9-15(14)24-17(25-19)12-23-20(27)16-10-6-7-11-22-16/h4-11,13,18H,12H2,1-3H3,(H,23,27)(H,24,25,26)/t18-/m0/s1. The van der Waals surface area contributed by atoms with E-state index in [4.69, 9.17) is 4.74 Å². The largest absolute Gasteiger partial charge is 0.467 e. The molecule has 0 aliphatic carbocycles. The van der Waals surface area contributed by atoms with Crippen molar-refractivity contribution in [2.45, 2.75) is 26.4 Å². The predicted molar refractivity (Wildman–Crippen MR) is 109 cm³/mol. The molecule has 2 N–H and O–H groups in total. The number of carbonyl (C=O) groups excluding carboxylic acids is 2. The van der Waals surface area contributed by atoms with E-state index in [1.165, 1.54) is 7.11 Å². The summed E-state index contributed by atoms with van der Waals surface area (Å²) in [6.45, 7) is 3.97. The van der Waals surface area contributed by atoms with E-state index in [2.05, 4.69) is 25.6 Å². The summed E-state index contributed by atoms with van der Waals surface area (Å²) in [7, 11) is 1.36. The van der Waals surface area contributed by atoms with Crippen LogP contribution in [0.1, 0.15) is 30.2 Å². The first kappa shape index (κ1) is 20.2. The van der Waals surface area contributed by atoms with Crippen molar-refractivity contribution >= 4 is 28.6 Å². The van der Waals surface area contributed by atoms with Crippen LogP contribution in [0, 0.1) is 5.92 Å². The summed E-state index contributed by atoms with van der Waals surface area (Å²) in [5.74, 6) is 0.243. The molecule has 0 bridgehead atoms. The molecule has 150 valence electrons. The van der Waals surface area contributed by atoms with Gasteiger partial charge in [-0.25, -0.2) is 14.8 Å². The fraction of sp³-hybridized carbons (Fsp3) is 0.286. The number of benzene rings is 1. The number of aromatic nitrogens is 3. The summed E-state index contributed by atoms with van der Waals surface area (Å²) in [5.41, 5.74) is 1.02. The van der Waals surface area contributed by atoms with Crippen LogP contribution in [0.4, 0.5) is 5.82 Å². The first-order valence-electron chi connectivity index (χ1n) is 9.29. The highest BCUT2D eigenvalue weighted by molar-refractivity contribution is 5.92. The Balaban J connectivity index is 1.87. The van der Waals surface area contributed by atoms with Crippen LogP contribution in [-0.2, 0) is 16.1 Å². The normalized spacial score (nSPS) is 11.9. The van der Waals surface area contributed by atoms with Crippen molar-refractivity contribution in [3.8, 4) is 0 Å². The lowest BCUT2D eigenvalue weighted by molar-refractivity contribution is -0.142. The van der Waals surface area contributed by atoms with E-state index in [1.807, 2.05) is 38.1 Å². The quantitative estimate of drug-likeness (QED) is 0.594. The molecule has 1 atom stereocenters. The molecule has 0 aliphatic rings. The number of carbonyl (C=O) groups is 2. The van der Waals surface area contributed by atoms with Gasteiger partial charge in [-0.1, -0.05) is 32.0 Å². The van der Waals surface area contributed by atoms with Crippen LogP contribution in [0.5, 0.6) is 0 Å². The van der Waals surface area contributed by atoms with E-state index >= 15 is 0 Å². The van der Waals surface area contributed by atoms with E-state index < -0.39 is 6.04 Å². The molecule has 2 aromatic heterocycles. The monoisotopic (exact) mass is 393 g/mol. The Bertz CT molecular complexity index is 1010. The van der Waals surface area contributed by atoms with Crippen LogP contribution in [0.15, 0.2) is 48.7 Å². The van der Waals surface area contributed by atoms with E-state index in [1.54, 1.807) is 24.4 Å². The number of amides is 1. The second-order valence-electron chi connectivity index (χ2n) is 6.79. The first-order chi connectivity index (χ1) is 14.0. The number of para-hydroxylation sites is 1. The number of hydrogen-bond acceptors (Lipinski definition) is 7. The number of ether oxygens (including phenoxy) is 1. The number of methoxy groups -OCH3 is 1. The van der Waals surface area contributed by atoms with Gasteiger partial charge in [0.1, 0.15) is 17.6 Å². The molecule has 0 saturated carbocycles. The van der Waals surface area contributed by atoms with Gasteiger partial charge in [-0.3, -0.25) is 9.78 Å². The molecule has 2 heterocycles. The highest BCUT2D eigenvalue weighted by atomic mass is 16.5. The van der Waals surface area contributed by atoms with E-state index in [0.717, 1.165) is 5.39 Å². The Morgan fingerprint density at radius 2 is 1.83 bits per heavy atom. The topological polar surface area (TPSA) is 106 Å². The fourth-order valence-corrected chi connectivity index (χ4v) is 2.83. The Labute approximate surface area is 168 Å². The number of nitrogens with one attached hydrogen (secondary N) is 2. The molecule has 3 aromatic rings. The second kappa shape index (κ2) is 9.09. The molecule has 8 nitrogen and oxygen atoms in total. The zero-order valence-electron chi connectivity index (χ0n) is 16.5. The lowest BCUT2D eigenvalue weighted by atomic mass is 10.0. The van der Waals surface area contributed by atoms with Crippen molar-refractivity contribution in [2.24, 2.45) is 5.92 Å². The molecule has 1 aromatic carbocycles. The highest BCUT2D eigenvalue weighted by Crippen LogP contribution is 2.22. The Morgan fingerprint density at radius 3 is 2.52 bits per heavy atom. The molecule has 0 spiro atoms. The minimum atomic E-state index is -0.561. The number of fused-ring (bicyclic) bond motifs is 1. The van der Waals surface area contributed by atoms with Crippen LogP contribution in [0.2, 0.25) is 0 Å². The Morgan fingerprint density at radius 1 is 1.07 bits per heavy atom. The molecule has 0 aliphatic heterocycles. The van der Waals surface area contributed by atoms with E-state index in [9.17, 15) is 9.59 Å². The van der Waals surface area contributed by atoms with Gasteiger partial charge in [-0.05, 0) is 30.2 Å². The average Bonchev–Trinajstić information content (AvgIpc) is 2.75. The third-order valence-corrected chi connectivity index (χ3v) is 4.37. The highest BCUT2D eigenvalue weighted by Gasteiger charge is 2.24. The lowest BCUT2D eigenvalue weighted by Gasteiger charge is -2.21. The van der Waals surface area contributed by atoms with Crippen molar-refractivity contribution in [2.75, 3.05) is 12.4 Å². The molecule has 1 amide bonds. The van der Waals surface area contributed by atoms with Gasteiger partial charge in [0, 0.05) is 11.6 Å². The smallest absolute Gasteiger partial charge is 0.328 e. The molecule has 0 saturated heterocycles. The van der Waals surface area contributed by atoms with Gasteiger partial charge in [-0.15, -0.1) is 0 Å². The minimum Gasteiger partial charge on any atom is -0.467 e. The molecule has 8 heteroatoms. The SMILES string of the molecule is COC(=O)[C@@H](Nc1nc(CNC(=O)c2ccccn2)nc2ccccc12)C(C)C. The number of anilines is 1. The summed E-state index contributed by atoms with van der Waals surface area (Å²) in [6.07, 6.45) is 1.56. The first-order valence-corrected chi connectivity index (χ1v) is 9.29. The molecule has 29 heavy (non-hydrogen) atoms. The summed E-state index contributed by atoms with van der Waals surface area (Å²) in [6, 6.07) is 12.0. The molecular formula is C21H23N5O3. The van der Waals surface area contributed by atoms with Gasteiger partial charge >= 0.3 is 5.97 Å². The second-order valence-corrected chi connectivity index (χ2v) is 6.79. The maximum absolute atomic E-state index is 12.3. The van der Waals surface area contributed by atoms with E-state index in [0.29, 0.717) is 22.9 Å². The number of esters is 1.